The molecule has 4 rings (SSSR count). The van der Waals surface area contributed by atoms with E-state index in [1.807, 2.05) is 30.3 Å². The van der Waals surface area contributed by atoms with E-state index >= 15 is 0 Å². The Morgan fingerprint density at radius 2 is 1.68 bits per heavy atom. The first-order valence-corrected chi connectivity index (χ1v) is 10.5. The lowest BCUT2D eigenvalue weighted by Crippen LogP contribution is -2.37. The molecule has 0 atom stereocenters. The number of nitrogens with one attached hydrogen (secondary N) is 1. The highest BCUT2D eigenvalue weighted by molar-refractivity contribution is 7.99. The molecule has 2 heterocycles. The normalized spacial score (nSPS) is 13.5. The summed E-state index contributed by atoms with van der Waals surface area (Å²) in [6.07, 6.45) is 0. The minimum Gasteiger partial charge on any atom is -0.497 e. The molecule has 0 amide bonds. The number of halogens is 2. The third-order valence-electron chi connectivity index (χ3n) is 4.86. The van der Waals surface area contributed by atoms with Gasteiger partial charge >= 0.3 is 0 Å². The molecular weight excluding hydrogens is 457 g/mol. The predicted octanol–water partition coefficient (Wildman–Crippen LogP) is 4.20. The Labute approximate surface area is 199 Å². The molecule has 1 saturated heterocycles. The third kappa shape index (κ3) is 7.14. The van der Waals surface area contributed by atoms with Crippen molar-refractivity contribution in [3.05, 3.63) is 54.6 Å². The highest BCUT2D eigenvalue weighted by Gasteiger charge is 2.15. The summed E-state index contributed by atoms with van der Waals surface area (Å²) in [5.74, 6) is 1.86. The van der Waals surface area contributed by atoms with Crippen LogP contribution in [0.15, 0.2) is 59.8 Å². The van der Waals surface area contributed by atoms with Gasteiger partial charge in [-0.1, -0.05) is 42.1 Å². The van der Waals surface area contributed by atoms with E-state index < -0.39 is 0 Å². The van der Waals surface area contributed by atoms with Crippen molar-refractivity contribution in [2.75, 3.05) is 45.7 Å². The van der Waals surface area contributed by atoms with E-state index in [9.17, 15) is 0 Å². The molecule has 2 aromatic carbocycles. The van der Waals surface area contributed by atoms with Gasteiger partial charge in [0.15, 0.2) is 5.16 Å². The van der Waals surface area contributed by atoms with E-state index in [0.29, 0.717) is 0 Å². The fourth-order valence-electron chi connectivity index (χ4n) is 3.29. The minimum absolute atomic E-state index is 0. The standard InChI is InChI=1S/C22H25N3O2S.2ClH.H2O/c1-26-19-9-7-18(8-10-19)21-20(17-5-3-2-4-6-17)23-22(24-21)28-16-13-25-11-14-27-15-12-25;;;/h2-10H,11-16H2,1H3,(H,23,24);2*1H;1H2. The fraction of sp³-hybridized carbons (Fsp3) is 0.318. The zero-order chi connectivity index (χ0) is 19.2. The number of aromatic amines is 1. The Kier molecular flexibility index (Phi) is 12.0. The van der Waals surface area contributed by atoms with Crippen molar-refractivity contribution in [1.29, 1.82) is 0 Å². The Balaban J connectivity index is 0.00000160. The predicted molar refractivity (Wildman–Crippen MR) is 132 cm³/mol. The van der Waals surface area contributed by atoms with Crippen LogP contribution in [0.3, 0.4) is 0 Å². The van der Waals surface area contributed by atoms with E-state index in [4.69, 9.17) is 14.5 Å². The Morgan fingerprint density at radius 1 is 1.00 bits per heavy atom. The molecule has 0 aliphatic carbocycles. The van der Waals surface area contributed by atoms with Crippen LogP contribution in [0.2, 0.25) is 0 Å². The van der Waals surface area contributed by atoms with Crippen molar-refractivity contribution in [3.8, 4) is 28.3 Å². The van der Waals surface area contributed by atoms with Gasteiger partial charge in [0, 0.05) is 36.5 Å². The second-order valence-corrected chi connectivity index (χ2v) is 7.75. The monoisotopic (exact) mass is 485 g/mol. The maximum atomic E-state index is 5.42. The van der Waals surface area contributed by atoms with Crippen LogP contribution in [-0.2, 0) is 4.74 Å². The van der Waals surface area contributed by atoms with Gasteiger partial charge in [0.1, 0.15) is 5.75 Å². The highest BCUT2D eigenvalue weighted by atomic mass is 35.5. The van der Waals surface area contributed by atoms with Crippen molar-refractivity contribution in [2.45, 2.75) is 5.16 Å². The number of nitrogens with zero attached hydrogens (tertiary/aromatic N) is 2. The SMILES string of the molecule is COc1ccc(-c2[nH]c(SCCN3CCOCC3)nc2-c2ccccc2)cc1.Cl.Cl.O. The van der Waals surface area contributed by atoms with Gasteiger partial charge in [-0.05, 0) is 24.3 Å². The van der Waals surface area contributed by atoms with Crippen molar-refractivity contribution in [1.82, 2.24) is 14.9 Å². The number of methoxy groups -OCH3 is 1. The van der Waals surface area contributed by atoms with Gasteiger partial charge in [0.05, 0.1) is 31.7 Å². The molecule has 1 aliphatic rings. The average Bonchev–Trinajstić information content (AvgIpc) is 3.19. The zero-order valence-corrected chi connectivity index (χ0v) is 19.8. The number of rotatable bonds is 7. The second-order valence-electron chi connectivity index (χ2n) is 6.66. The smallest absolute Gasteiger partial charge is 0.166 e. The summed E-state index contributed by atoms with van der Waals surface area (Å²) in [5, 5.41) is 0.956. The van der Waals surface area contributed by atoms with Gasteiger partial charge in [0.25, 0.3) is 0 Å². The lowest BCUT2D eigenvalue weighted by molar-refractivity contribution is 0.0410. The largest absolute Gasteiger partial charge is 0.497 e. The minimum atomic E-state index is 0. The molecule has 1 fully saturated rings. The lowest BCUT2D eigenvalue weighted by Gasteiger charge is -2.26. The molecule has 9 heteroatoms. The van der Waals surface area contributed by atoms with Crippen molar-refractivity contribution < 1.29 is 14.9 Å². The molecule has 0 unspecified atom stereocenters. The summed E-state index contributed by atoms with van der Waals surface area (Å²) < 4.78 is 10.7. The van der Waals surface area contributed by atoms with Gasteiger partial charge in [-0.3, -0.25) is 4.90 Å². The molecule has 1 aliphatic heterocycles. The third-order valence-corrected chi connectivity index (χ3v) is 5.71. The highest BCUT2D eigenvalue weighted by Crippen LogP contribution is 2.33. The van der Waals surface area contributed by atoms with Crippen LogP contribution in [-0.4, -0.2) is 66.1 Å². The van der Waals surface area contributed by atoms with Crippen LogP contribution in [0, 0.1) is 0 Å². The van der Waals surface area contributed by atoms with Crippen LogP contribution in [0.25, 0.3) is 22.5 Å². The van der Waals surface area contributed by atoms with Gasteiger partial charge < -0.3 is 19.9 Å². The molecule has 1 aromatic heterocycles. The number of aromatic nitrogens is 2. The summed E-state index contributed by atoms with van der Waals surface area (Å²) in [4.78, 5) is 10.9. The maximum absolute atomic E-state index is 5.42. The molecule has 0 spiro atoms. The van der Waals surface area contributed by atoms with Crippen LogP contribution < -0.4 is 4.74 Å². The second kappa shape index (κ2) is 13.6. The summed E-state index contributed by atoms with van der Waals surface area (Å²) in [5.41, 5.74) is 4.25. The molecular formula is C22H29Cl2N3O3S. The molecule has 6 nitrogen and oxygen atoms in total. The summed E-state index contributed by atoms with van der Waals surface area (Å²) in [6, 6.07) is 18.4. The van der Waals surface area contributed by atoms with E-state index in [2.05, 4.69) is 34.1 Å². The topological polar surface area (TPSA) is 81.9 Å². The van der Waals surface area contributed by atoms with Crippen LogP contribution >= 0.6 is 36.6 Å². The maximum Gasteiger partial charge on any atom is 0.166 e. The Bertz CT molecular complexity index is 889. The van der Waals surface area contributed by atoms with E-state index in [-0.39, 0.29) is 30.3 Å². The quantitative estimate of drug-likeness (QED) is 0.507. The molecule has 0 radical (unpaired) electrons. The van der Waals surface area contributed by atoms with E-state index in [1.54, 1.807) is 18.9 Å². The zero-order valence-electron chi connectivity index (χ0n) is 17.4. The average molecular weight is 486 g/mol. The number of hydrogen-bond acceptors (Lipinski definition) is 5. The number of imidazole rings is 1. The van der Waals surface area contributed by atoms with Gasteiger partial charge in [-0.25, -0.2) is 4.98 Å². The summed E-state index contributed by atoms with van der Waals surface area (Å²) in [7, 11) is 1.68. The first kappa shape index (κ1) is 27.3. The lowest BCUT2D eigenvalue weighted by atomic mass is 10.1. The van der Waals surface area contributed by atoms with Crippen molar-refractivity contribution in [2.24, 2.45) is 0 Å². The molecule has 3 aromatic rings. The fourth-order valence-corrected chi connectivity index (χ4v) is 4.16. The number of benzene rings is 2. The van der Waals surface area contributed by atoms with Crippen molar-refractivity contribution in [3.63, 3.8) is 0 Å². The van der Waals surface area contributed by atoms with Crippen molar-refractivity contribution >= 4 is 36.6 Å². The number of morpholine rings is 1. The number of hydrogen-bond donors (Lipinski definition) is 1. The first-order valence-electron chi connectivity index (χ1n) is 9.56. The van der Waals surface area contributed by atoms with Gasteiger partial charge in [-0.2, -0.15) is 0 Å². The van der Waals surface area contributed by atoms with E-state index in [1.165, 1.54) is 0 Å². The molecule has 31 heavy (non-hydrogen) atoms. The Morgan fingerprint density at radius 3 is 2.32 bits per heavy atom. The van der Waals surface area contributed by atoms with Crippen LogP contribution in [0.5, 0.6) is 5.75 Å². The van der Waals surface area contributed by atoms with E-state index in [0.717, 1.165) is 72.0 Å². The molecule has 170 valence electrons. The number of thioether (sulfide) groups is 1. The van der Waals surface area contributed by atoms with Gasteiger partial charge in [0.2, 0.25) is 0 Å². The first-order chi connectivity index (χ1) is 13.8. The Hall–Kier alpha value is -1.74. The van der Waals surface area contributed by atoms with Crippen LogP contribution in [0.4, 0.5) is 0 Å². The van der Waals surface area contributed by atoms with Crippen LogP contribution in [0.1, 0.15) is 0 Å². The molecule has 0 saturated carbocycles. The molecule has 3 N–H and O–H groups in total. The number of H-pyrrole nitrogens is 1. The number of ether oxygens (including phenoxy) is 2. The summed E-state index contributed by atoms with van der Waals surface area (Å²) >= 11 is 1.77. The van der Waals surface area contributed by atoms with Gasteiger partial charge in [-0.15, -0.1) is 24.8 Å². The summed E-state index contributed by atoms with van der Waals surface area (Å²) in [6.45, 7) is 4.76. The molecule has 0 bridgehead atoms.